The highest BCUT2D eigenvalue weighted by atomic mass is 35.5. The Morgan fingerprint density at radius 1 is 0.490 bits per heavy atom. The molecule has 2 aliphatic rings. The largest absolute Gasteiger partial charge is 0.277 e. The lowest BCUT2D eigenvalue weighted by Gasteiger charge is -2.27. The van der Waals surface area contributed by atoms with Crippen LogP contribution >= 0.6 is 46.4 Å². The first-order valence-electron chi connectivity index (χ1n) is 14.4. The number of hydrogen-bond acceptors (Lipinski definition) is 6. The number of carbonyl (C=O) groups excluding carboxylic acids is 4. The van der Waals surface area contributed by atoms with Gasteiger partial charge in [0.25, 0.3) is 29.3 Å². The van der Waals surface area contributed by atoms with Gasteiger partial charge in [-0.2, -0.15) is 0 Å². The average Bonchev–Trinajstić information content (AvgIpc) is 3.09. The van der Waals surface area contributed by atoms with Crippen LogP contribution in [0, 0.1) is 10.1 Å². The lowest BCUT2D eigenvalue weighted by Crippen LogP contribution is -2.40. The fraction of sp³-hybridized carbons (Fsp3) is 0. The first-order chi connectivity index (χ1) is 23.5. The molecule has 0 bridgehead atoms. The van der Waals surface area contributed by atoms with Crippen molar-refractivity contribution < 1.29 is 24.1 Å². The van der Waals surface area contributed by atoms with Crippen LogP contribution in [0.15, 0.2) is 103 Å². The molecular formula is C36H17Cl4N3O6. The lowest BCUT2D eigenvalue weighted by atomic mass is 9.93. The van der Waals surface area contributed by atoms with Crippen molar-refractivity contribution in [2.75, 3.05) is 9.80 Å². The molecule has 0 saturated heterocycles. The minimum atomic E-state index is -0.577. The Bertz CT molecular complexity index is 2410. The van der Waals surface area contributed by atoms with Gasteiger partial charge in [0, 0.05) is 39.1 Å². The van der Waals surface area contributed by atoms with E-state index in [-0.39, 0.29) is 50.1 Å². The molecule has 4 amide bonds. The van der Waals surface area contributed by atoms with E-state index in [1.807, 2.05) is 24.3 Å². The Morgan fingerprint density at radius 3 is 1.37 bits per heavy atom. The molecule has 13 heteroatoms. The Kier molecular flexibility index (Phi) is 8.08. The minimum absolute atomic E-state index is 0.158. The summed E-state index contributed by atoms with van der Waals surface area (Å²) in [5, 5.41) is 14.5. The Labute approximate surface area is 296 Å². The molecule has 2 heterocycles. The first kappa shape index (κ1) is 32.2. The second-order valence-electron chi connectivity index (χ2n) is 10.9. The molecule has 0 spiro atoms. The Hall–Kier alpha value is -5.32. The molecular weight excluding hydrogens is 712 g/mol. The summed E-state index contributed by atoms with van der Waals surface area (Å²) in [6.07, 6.45) is 0. The van der Waals surface area contributed by atoms with Crippen LogP contribution in [0.3, 0.4) is 0 Å². The highest BCUT2D eigenvalue weighted by Gasteiger charge is 2.36. The third-order valence-corrected chi connectivity index (χ3v) is 9.65. The molecule has 0 unspecified atom stereocenters. The standard InChI is InChI=1S/C18H8Cl2N2O4.C18H9Cl2NO2/c19-13-6-4-9(8-14(13)20)21-17(23)11-3-1-2-10-15(22(25)26)7-5-12(16(10)11)18(21)24;19-14-8-7-11(9-15(14)20)21-17(22)12-5-1-3-10-4-2-6-13(16(10)12)18(21)23/h1-8H;1-9H. The summed E-state index contributed by atoms with van der Waals surface area (Å²) in [6.45, 7) is 0. The zero-order valence-corrected chi connectivity index (χ0v) is 27.6. The minimum Gasteiger partial charge on any atom is -0.268 e. The highest BCUT2D eigenvalue weighted by molar-refractivity contribution is 6.44. The van der Waals surface area contributed by atoms with Crippen LogP contribution < -0.4 is 9.80 Å². The van der Waals surface area contributed by atoms with Gasteiger partial charge in [-0.05, 0) is 72.1 Å². The number of halogens is 4. The maximum atomic E-state index is 13.0. The number of nitro benzene ring substituents is 1. The van der Waals surface area contributed by atoms with Gasteiger partial charge >= 0.3 is 0 Å². The monoisotopic (exact) mass is 727 g/mol. The van der Waals surface area contributed by atoms with E-state index in [1.54, 1.807) is 30.3 Å². The van der Waals surface area contributed by atoms with E-state index in [4.69, 9.17) is 46.4 Å². The summed E-state index contributed by atoms with van der Waals surface area (Å²) in [5.74, 6) is -1.88. The molecule has 0 aromatic heterocycles. The molecule has 6 aromatic carbocycles. The molecule has 9 nitrogen and oxygen atoms in total. The van der Waals surface area contributed by atoms with Gasteiger partial charge in [-0.15, -0.1) is 0 Å². The highest BCUT2D eigenvalue weighted by Crippen LogP contribution is 2.39. The van der Waals surface area contributed by atoms with E-state index in [0.29, 0.717) is 37.3 Å². The quantitative estimate of drug-likeness (QED) is 0.102. The van der Waals surface area contributed by atoms with E-state index in [9.17, 15) is 29.3 Å². The van der Waals surface area contributed by atoms with Crippen LogP contribution in [-0.4, -0.2) is 28.6 Å². The fourth-order valence-corrected chi connectivity index (χ4v) is 6.57. The number of benzene rings is 6. The van der Waals surface area contributed by atoms with Gasteiger partial charge < -0.3 is 0 Å². The maximum Gasteiger partial charge on any atom is 0.277 e. The number of rotatable bonds is 3. The molecule has 0 aliphatic carbocycles. The van der Waals surface area contributed by atoms with Crippen molar-refractivity contribution in [2.24, 2.45) is 0 Å². The SMILES string of the molecule is O=C1c2cccc3c([N+](=O)[O-])ccc(c23)C(=O)N1c1ccc(Cl)c(Cl)c1.O=C1c2cccc3cccc(c23)C(=O)N1c1ccc(Cl)c(Cl)c1. The average molecular weight is 729 g/mol. The van der Waals surface area contributed by atoms with Crippen molar-refractivity contribution in [3.63, 3.8) is 0 Å². The van der Waals surface area contributed by atoms with Crippen molar-refractivity contribution in [3.05, 3.63) is 156 Å². The van der Waals surface area contributed by atoms with Crippen LogP contribution in [0.5, 0.6) is 0 Å². The topological polar surface area (TPSA) is 118 Å². The summed E-state index contributed by atoms with van der Waals surface area (Å²) < 4.78 is 0. The molecule has 8 rings (SSSR count). The van der Waals surface area contributed by atoms with E-state index in [1.165, 1.54) is 48.5 Å². The molecule has 0 fully saturated rings. The Balaban J connectivity index is 0.000000155. The predicted molar refractivity (Wildman–Crippen MR) is 190 cm³/mol. The van der Waals surface area contributed by atoms with Crippen LogP contribution in [0.2, 0.25) is 20.1 Å². The molecule has 49 heavy (non-hydrogen) atoms. The summed E-state index contributed by atoms with van der Waals surface area (Å²) in [6, 6.07) is 27.2. The molecule has 0 saturated carbocycles. The summed E-state index contributed by atoms with van der Waals surface area (Å²) >= 11 is 23.9. The third kappa shape index (κ3) is 5.28. The number of non-ortho nitro benzene ring substituents is 1. The van der Waals surface area contributed by atoms with Gasteiger partial charge in [-0.3, -0.25) is 29.3 Å². The molecule has 0 radical (unpaired) electrons. The van der Waals surface area contributed by atoms with E-state index < -0.39 is 16.7 Å². The number of imide groups is 2. The first-order valence-corrected chi connectivity index (χ1v) is 15.9. The van der Waals surface area contributed by atoms with E-state index in [2.05, 4.69) is 0 Å². The molecule has 0 atom stereocenters. The van der Waals surface area contributed by atoms with Gasteiger partial charge in [0.05, 0.1) is 41.8 Å². The molecule has 240 valence electrons. The second-order valence-corrected chi connectivity index (χ2v) is 12.5. The number of anilines is 2. The van der Waals surface area contributed by atoms with Crippen molar-refractivity contribution in [1.82, 2.24) is 0 Å². The van der Waals surface area contributed by atoms with E-state index in [0.717, 1.165) is 15.2 Å². The smallest absolute Gasteiger partial charge is 0.268 e. The number of carbonyl (C=O) groups is 4. The van der Waals surface area contributed by atoms with E-state index >= 15 is 0 Å². The predicted octanol–water partition coefficient (Wildman–Crippen LogP) is 9.80. The third-order valence-electron chi connectivity index (χ3n) is 8.18. The van der Waals surface area contributed by atoms with Gasteiger partial charge in [-0.25, -0.2) is 9.80 Å². The summed E-state index contributed by atoms with van der Waals surface area (Å²) in [4.78, 5) is 64.4. The number of nitro groups is 1. The zero-order valence-electron chi connectivity index (χ0n) is 24.6. The summed E-state index contributed by atoms with van der Waals surface area (Å²) in [7, 11) is 0. The number of amides is 4. The van der Waals surface area contributed by atoms with Gasteiger partial charge in [0.2, 0.25) is 0 Å². The molecule has 2 aliphatic heterocycles. The van der Waals surface area contributed by atoms with Gasteiger partial charge in [0.1, 0.15) is 0 Å². The number of hydrogen-bond donors (Lipinski definition) is 0. The van der Waals surface area contributed by atoms with Crippen molar-refractivity contribution in [1.29, 1.82) is 0 Å². The fourth-order valence-electron chi connectivity index (χ4n) is 5.99. The van der Waals surface area contributed by atoms with Gasteiger partial charge in [-0.1, -0.05) is 76.7 Å². The maximum absolute atomic E-state index is 13.0. The van der Waals surface area contributed by atoms with Gasteiger partial charge in [0.15, 0.2) is 0 Å². The van der Waals surface area contributed by atoms with Crippen LogP contribution in [0.4, 0.5) is 17.1 Å². The Morgan fingerprint density at radius 2 is 0.918 bits per heavy atom. The normalized spacial score (nSPS) is 13.6. The summed E-state index contributed by atoms with van der Waals surface area (Å²) in [5.41, 5.74) is 1.96. The zero-order chi connectivity index (χ0) is 34.7. The van der Waals surface area contributed by atoms with Crippen LogP contribution in [0.25, 0.3) is 21.5 Å². The van der Waals surface area contributed by atoms with Crippen molar-refractivity contribution in [2.45, 2.75) is 0 Å². The van der Waals surface area contributed by atoms with Crippen LogP contribution in [0.1, 0.15) is 41.4 Å². The van der Waals surface area contributed by atoms with Crippen LogP contribution in [-0.2, 0) is 0 Å². The second kappa shape index (κ2) is 12.3. The molecule has 0 N–H and O–H groups in total. The lowest BCUT2D eigenvalue weighted by molar-refractivity contribution is -0.383. The molecule has 6 aromatic rings. The van der Waals surface area contributed by atoms with Crippen molar-refractivity contribution in [3.8, 4) is 0 Å². The van der Waals surface area contributed by atoms with Crippen molar-refractivity contribution >= 4 is 109 Å². The number of nitrogens with zero attached hydrogens (tertiary/aromatic N) is 3.